The third kappa shape index (κ3) is 2.78. The maximum absolute atomic E-state index is 6.42. The summed E-state index contributed by atoms with van der Waals surface area (Å²) >= 11 is 0. The van der Waals surface area contributed by atoms with Crippen molar-refractivity contribution in [1.82, 2.24) is 0 Å². The molecule has 0 saturated heterocycles. The molecule has 106 valence electrons. The average molecular weight is 271 g/mol. The summed E-state index contributed by atoms with van der Waals surface area (Å²) in [6, 6.07) is 11.9. The number of hydrogen-bond acceptors (Lipinski definition) is 3. The molecule has 2 rings (SSSR count). The van der Waals surface area contributed by atoms with E-state index in [1.807, 2.05) is 18.2 Å². The van der Waals surface area contributed by atoms with E-state index in [1.165, 1.54) is 11.1 Å². The Hall–Kier alpha value is -2.00. The van der Waals surface area contributed by atoms with E-state index in [1.54, 1.807) is 14.2 Å². The van der Waals surface area contributed by atoms with Gasteiger partial charge >= 0.3 is 0 Å². The highest BCUT2D eigenvalue weighted by Crippen LogP contribution is 2.36. The molecule has 0 radical (unpaired) electrons. The quantitative estimate of drug-likeness (QED) is 0.927. The fourth-order valence-corrected chi connectivity index (χ4v) is 2.53. The highest BCUT2D eigenvalue weighted by atomic mass is 16.5. The van der Waals surface area contributed by atoms with Gasteiger partial charge in [-0.25, -0.2) is 0 Å². The van der Waals surface area contributed by atoms with Gasteiger partial charge in [0.25, 0.3) is 0 Å². The van der Waals surface area contributed by atoms with Crippen molar-refractivity contribution in [3.05, 3.63) is 58.7 Å². The van der Waals surface area contributed by atoms with E-state index in [2.05, 4.69) is 32.0 Å². The first kappa shape index (κ1) is 14.4. The van der Waals surface area contributed by atoms with Gasteiger partial charge in [0.1, 0.15) is 0 Å². The van der Waals surface area contributed by atoms with E-state index >= 15 is 0 Å². The summed E-state index contributed by atoms with van der Waals surface area (Å²) in [5.41, 5.74) is 10.8. The molecule has 1 atom stereocenters. The van der Waals surface area contributed by atoms with Gasteiger partial charge in [-0.15, -0.1) is 0 Å². The fourth-order valence-electron chi connectivity index (χ4n) is 2.53. The molecule has 0 aliphatic carbocycles. The molecular weight excluding hydrogens is 250 g/mol. The van der Waals surface area contributed by atoms with Crippen molar-refractivity contribution in [3.8, 4) is 11.5 Å². The molecule has 0 saturated carbocycles. The number of hydrogen-bond donors (Lipinski definition) is 1. The molecule has 1 unspecified atom stereocenters. The van der Waals surface area contributed by atoms with E-state index in [-0.39, 0.29) is 6.04 Å². The summed E-state index contributed by atoms with van der Waals surface area (Å²) in [6.07, 6.45) is 0. The Bertz CT molecular complexity index is 588. The maximum Gasteiger partial charge on any atom is 0.165 e. The molecule has 3 nitrogen and oxygen atoms in total. The Kier molecular flexibility index (Phi) is 4.30. The van der Waals surface area contributed by atoms with Crippen LogP contribution >= 0.6 is 0 Å². The minimum atomic E-state index is -0.237. The van der Waals surface area contributed by atoms with Crippen molar-refractivity contribution < 1.29 is 9.47 Å². The molecule has 0 aliphatic rings. The average Bonchev–Trinajstić information content (AvgIpc) is 2.44. The number of nitrogens with two attached hydrogens (primary N) is 1. The minimum Gasteiger partial charge on any atom is -0.493 e. The van der Waals surface area contributed by atoms with Crippen LogP contribution in [0.25, 0.3) is 0 Å². The molecule has 0 heterocycles. The van der Waals surface area contributed by atoms with Gasteiger partial charge in [-0.3, -0.25) is 0 Å². The van der Waals surface area contributed by atoms with Gasteiger partial charge in [0.15, 0.2) is 11.5 Å². The standard InChI is InChI=1S/C17H21NO2/c1-11-8-12(2)10-13(9-11)16(18)14-6-5-7-15(19-3)17(14)20-4/h5-10,16H,18H2,1-4H3. The summed E-state index contributed by atoms with van der Waals surface area (Å²) in [5, 5.41) is 0. The first-order valence-electron chi connectivity index (χ1n) is 6.61. The predicted octanol–water partition coefficient (Wildman–Crippen LogP) is 3.37. The lowest BCUT2D eigenvalue weighted by Gasteiger charge is -2.19. The normalized spacial score (nSPS) is 12.1. The van der Waals surface area contributed by atoms with Gasteiger partial charge in [0, 0.05) is 5.56 Å². The number of methoxy groups -OCH3 is 2. The second kappa shape index (κ2) is 5.97. The highest BCUT2D eigenvalue weighted by Gasteiger charge is 2.17. The van der Waals surface area contributed by atoms with E-state index in [4.69, 9.17) is 15.2 Å². The van der Waals surface area contributed by atoms with Gasteiger partial charge in [0.05, 0.1) is 20.3 Å². The molecule has 0 amide bonds. The highest BCUT2D eigenvalue weighted by molar-refractivity contribution is 5.51. The second-order valence-electron chi connectivity index (χ2n) is 4.98. The predicted molar refractivity (Wildman–Crippen MR) is 81.5 cm³/mol. The first-order chi connectivity index (χ1) is 9.56. The van der Waals surface area contributed by atoms with Crippen molar-refractivity contribution in [1.29, 1.82) is 0 Å². The Balaban J connectivity index is 2.50. The van der Waals surface area contributed by atoms with Crippen molar-refractivity contribution in [2.75, 3.05) is 14.2 Å². The molecular formula is C17H21NO2. The van der Waals surface area contributed by atoms with E-state index < -0.39 is 0 Å². The van der Waals surface area contributed by atoms with Crippen LogP contribution in [0.15, 0.2) is 36.4 Å². The monoisotopic (exact) mass is 271 g/mol. The van der Waals surface area contributed by atoms with Crippen LogP contribution in [-0.4, -0.2) is 14.2 Å². The van der Waals surface area contributed by atoms with Gasteiger partial charge in [-0.05, 0) is 25.5 Å². The zero-order chi connectivity index (χ0) is 14.7. The smallest absolute Gasteiger partial charge is 0.165 e. The molecule has 20 heavy (non-hydrogen) atoms. The second-order valence-corrected chi connectivity index (χ2v) is 4.98. The topological polar surface area (TPSA) is 44.5 Å². The Morgan fingerprint density at radius 2 is 1.60 bits per heavy atom. The lowest BCUT2D eigenvalue weighted by molar-refractivity contribution is 0.350. The molecule has 0 fully saturated rings. The van der Waals surface area contributed by atoms with Crippen molar-refractivity contribution >= 4 is 0 Å². The summed E-state index contributed by atoms with van der Waals surface area (Å²) < 4.78 is 10.8. The van der Waals surface area contributed by atoms with Crippen LogP contribution in [0.5, 0.6) is 11.5 Å². The Morgan fingerprint density at radius 3 is 2.15 bits per heavy atom. The number of ether oxygens (including phenoxy) is 2. The van der Waals surface area contributed by atoms with Gasteiger partial charge in [-0.1, -0.05) is 41.5 Å². The number of aryl methyl sites for hydroxylation is 2. The van der Waals surface area contributed by atoms with Gasteiger partial charge < -0.3 is 15.2 Å². The molecule has 0 spiro atoms. The molecule has 2 N–H and O–H groups in total. The minimum absolute atomic E-state index is 0.237. The van der Waals surface area contributed by atoms with Crippen LogP contribution in [0, 0.1) is 13.8 Å². The number of para-hydroxylation sites is 1. The molecule has 0 aromatic heterocycles. The van der Waals surface area contributed by atoms with Crippen LogP contribution in [0.4, 0.5) is 0 Å². The zero-order valence-electron chi connectivity index (χ0n) is 12.4. The Morgan fingerprint density at radius 1 is 0.950 bits per heavy atom. The number of benzene rings is 2. The lowest BCUT2D eigenvalue weighted by atomic mass is 9.95. The van der Waals surface area contributed by atoms with Crippen LogP contribution in [0.2, 0.25) is 0 Å². The van der Waals surface area contributed by atoms with E-state index in [0.717, 1.165) is 11.1 Å². The SMILES string of the molecule is COc1cccc(C(N)c2cc(C)cc(C)c2)c1OC. The number of rotatable bonds is 4. The van der Waals surface area contributed by atoms with Crippen molar-refractivity contribution in [3.63, 3.8) is 0 Å². The van der Waals surface area contributed by atoms with E-state index in [9.17, 15) is 0 Å². The zero-order valence-corrected chi connectivity index (χ0v) is 12.4. The lowest BCUT2D eigenvalue weighted by Crippen LogP contribution is -2.14. The van der Waals surface area contributed by atoms with Gasteiger partial charge in [0.2, 0.25) is 0 Å². The van der Waals surface area contributed by atoms with Crippen LogP contribution < -0.4 is 15.2 Å². The van der Waals surface area contributed by atoms with Crippen LogP contribution in [0.3, 0.4) is 0 Å². The van der Waals surface area contributed by atoms with Crippen LogP contribution in [-0.2, 0) is 0 Å². The van der Waals surface area contributed by atoms with Crippen LogP contribution in [0.1, 0.15) is 28.3 Å². The summed E-state index contributed by atoms with van der Waals surface area (Å²) in [5.74, 6) is 1.39. The largest absolute Gasteiger partial charge is 0.493 e. The summed E-state index contributed by atoms with van der Waals surface area (Å²) in [7, 11) is 3.26. The van der Waals surface area contributed by atoms with E-state index in [0.29, 0.717) is 11.5 Å². The molecule has 2 aromatic rings. The molecule has 0 aliphatic heterocycles. The van der Waals surface area contributed by atoms with Gasteiger partial charge in [-0.2, -0.15) is 0 Å². The summed E-state index contributed by atoms with van der Waals surface area (Å²) in [4.78, 5) is 0. The van der Waals surface area contributed by atoms with Crippen molar-refractivity contribution in [2.24, 2.45) is 5.73 Å². The summed E-state index contributed by atoms with van der Waals surface area (Å²) in [6.45, 7) is 4.15. The maximum atomic E-state index is 6.42. The van der Waals surface area contributed by atoms with Crippen molar-refractivity contribution in [2.45, 2.75) is 19.9 Å². The molecule has 0 bridgehead atoms. The third-order valence-corrected chi connectivity index (χ3v) is 3.37. The Labute approximate surface area is 120 Å². The molecule has 2 aromatic carbocycles. The first-order valence-corrected chi connectivity index (χ1v) is 6.61. The fraction of sp³-hybridized carbons (Fsp3) is 0.294. The molecule has 3 heteroatoms. The third-order valence-electron chi connectivity index (χ3n) is 3.37.